The number of hydrogen-bond acceptors (Lipinski definition) is 1. The second kappa shape index (κ2) is 6.87. The molecule has 0 aliphatic heterocycles. The molecule has 6 heteroatoms. The Hall–Kier alpha value is -2.27. The molecule has 0 fully saturated rings. The predicted molar refractivity (Wildman–Crippen MR) is 85.3 cm³/mol. The molecule has 0 aromatic heterocycles. The van der Waals surface area contributed by atoms with Crippen LogP contribution in [0.3, 0.4) is 0 Å². The highest BCUT2D eigenvalue weighted by molar-refractivity contribution is 6.30. The van der Waals surface area contributed by atoms with Gasteiger partial charge in [-0.3, -0.25) is 4.79 Å². The molecule has 23 heavy (non-hydrogen) atoms. The Morgan fingerprint density at radius 1 is 1.13 bits per heavy atom. The average Bonchev–Trinajstić information content (AvgIpc) is 2.47. The van der Waals surface area contributed by atoms with Crippen molar-refractivity contribution < 1.29 is 18.0 Å². The van der Waals surface area contributed by atoms with Gasteiger partial charge in [0.25, 0.3) is 0 Å². The molecular weight excluding hydrogens is 327 g/mol. The van der Waals surface area contributed by atoms with Crippen LogP contribution in [0.4, 0.5) is 18.9 Å². The van der Waals surface area contributed by atoms with Gasteiger partial charge in [-0.05, 0) is 36.8 Å². The first-order valence-corrected chi connectivity index (χ1v) is 7.06. The number of hydrogen-bond donors (Lipinski definition) is 1. The molecule has 0 saturated carbocycles. The minimum Gasteiger partial charge on any atom is -0.322 e. The van der Waals surface area contributed by atoms with Crippen LogP contribution in [0.2, 0.25) is 5.02 Å². The number of benzene rings is 2. The zero-order valence-corrected chi connectivity index (χ0v) is 12.9. The molecular formula is C17H13ClF3NO. The summed E-state index contributed by atoms with van der Waals surface area (Å²) in [5.41, 5.74) is 0.531. The first kappa shape index (κ1) is 17.1. The van der Waals surface area contributed by atoms with Gasteiger partial charge in [-0.15, -0.1) is 0 Å². The highest BCUT2D eigenvalue weighted by atomic mass is 35.5. The van der Waals surface area contributed by atoms with Crippen molar-refractivity contribution in [1.29, 1.82) is 0 Å². The van der Waals surface area contributed by atoms with Gasteiger partial charge >= 0.3 is 6.18 Å². The Bertz CT molecular complexity index is 736. The van der Waals surface area contributed by atoms with Crippen LogP contribution in [0.15, 0.2) is 48.5 Å². The van der Waals surface area contributed by atoms with Crippen molar-refractivity contribution in [3.8, 4) is 0 Å². The van der Waals surface area contributed by atoms with Crippen LogP contribution in [0, 0.1) is 6.92 Å². The highest BCUT2D eigenvalue weighted by Gasteiger charge is 2.34. The van der Waals surface area contributed by atoms with Crippen molar-refractivity contribution in [2.24, 2.45) is 0 Å². The third kappa shape index (κ3) is 4.86. The van der Waals surface area contributed by atoms with Gasteiger partial charge in [-0.25, -0.2) is 0 Å². The number of carbonyl (C=O) groups excluding carboxylic acids is 1. The summed E-state index contributed by atoms with van der Waals surface area (Å²) in [6, 6.07) is 10.6. The number of nitrogens with one attached hydrogen (secondary N) is 1. The second-order valence-corrected chi connectivity index (χ2v) is 5.36. The molecule has 0 bridgehead atoms. The topological polar surface area (TPSA) is 29.1 Å². The lowest BCUT2D eigenvalue weighted by Crippen LogP contribution is -2.14. The van der Waals surface area contributed by atoms with Crippen LogP contribution in [-0.2, 0) is 11.0 Å². The van der Waals surface area contributed by atoms with Crippen LogP contribution in [0.25, 0.3) is 6.08 Å². The largest absolute Gasteiger partial charge is 0.418 e. The summed E-state index contributed by atoms with van der Waals surface area (Å²) in [6.07, 6.45) is -1.90. The van der Waals surface area contributed by atoms with E-state index < -0.39 is 17.6 Å². The third-order valence-electron chi connectivity index (χ3n) is 3.05. The maximum atomic E-state index is 12.9. The number of carbonyl (C=O) groups is 1. The monoisotopic (exact) mass is 339 g/mol. The van der Waals surface area contributed by atoms with E-state index in [1.165, 1.54) is 18.2 Å². The molecule has 1 amide bonds. The van der Waals surface area contributed by atoms with Gasteiger partial charge in [0.15, 0.2) is 0 Å². The standard InChI is InChI=1S/C17H13ClF3NO/c1-11-2-4-12(5-3-11)6-9-16(23)22-15-8-7-13(18)10-14(15)17(19,20)21/h2-10H,1H3,(H,22,23)/b9-6+. The Labute approximate surface area is 136 Å². The molecule has 0 aliphatic rings. The average molecular weight is 340 g/mol. The molecule has 1 N–H and O–H groups in total. The fourth-order valence-electron chi connectivity index (χ4n) is 1.88. The van der Waals surface area contributed by atoms with Crippen LogP contribution in [0.1, 0.15) is 16.7 Å². The van der Waals surface area contributed by atoms with E-state index in [-0.39, 0.29) is 10.7 Å². The molecule has 0 unspecified atom stereocenters. The molecule has 0 atom stereocenters. The molecule has 0 saturated heterocycles. The zero-order valence-electron chi connectivity index (χ0n) is 12.1. The van der Waals surface area contributed by atoms with Crippen molar-refractivity contribution in [1.82, 2.24) is 0 Å². The van der Waals surface area contributed by atoms with E-state index in [1.807, 2.05) is 31.2 Å². The maximum Gasteiger partial charge on any atom is 0.418 e. The smallest absolute Gasteiger partial charge is 0.322 e. The molecule has 2 rings (SSSR count). The van der Waals surface area contributed by atoms with E-state index in [4.69, 9.17) is 11.6 Å². The van der Waals surface area contributed by atoms with E-state index in [0.717, 1.165) is 23.3 Å². The fraction of sp³-hybridized carbons (Fsp3) is 0.118. The maximum absolute atomic E-state index is 12.9. The highest BCUT2D eigenvalue weighted by Crippen LogP contribution is 2.36. The van der Waals surface area contributed by atoms with Crippen LogP contribution in [-0.4, -0.2) is 5.91 Å². The molecule has 2 aromatic rings. The van der Waals surface area contributed by atoms with Gasteiger partial charge < -0.3 is 5.32 Å². The Morgan fingerprint density at radius 3 is 2.39 bits per heavy atom. The van der Waals surface area contributed by atoms with Gasteiger partial charge in [0.2, 0.25) is 5.91 Å². The summed E-state index contributed by atoms with van der Waals surface area (Å²) in [6.45, 7) is 1.93. The SMILES string of the molecule is Cc1ccc(/C=C/C(=O)Nc2ccc(Cl)cc2C(F)(F)F)cc1. The number of aryl methyl sites for hydroxylation is 1. The zero-order chi connectivity index (χ0) is 17.0. The number of amides is 1. The van der Waals surface area contributed by atoms with Crippen molar-refractivity contribution in [3.63, 3.8) is 0 Å². The van der Waals surface area contributed by atoms with Crippen molar-refractivity contribution >= 4 is 29.3 Å². The minimum atomic E-state index is -4.60. The number of halogens is 4. The molecule has 2 nitrogen and oxygen atoms in total. The first-order chi connectivity index (χ1) is 10.8. The summed E-state index contributed by atoms with van der Waals surface area (Å²) in [7, 11) is 0. The minimum absolute atomic E-state index is 0.0504. The lowest BCUT2D eigenvalue weighted by Gasteiger charge is -2.13. The van der Waals surface area contributed by atoms with E-state index in [9.17, 15) is 18.0 Å². The number of rotatable bonds is 3. The lowest BCUT2D eigenvalue weighted by atomic mass is 10.1. The van der Waals surface area contributed by atoms with Gasteiger partial charge in [0, 0.05) is 11.1 Å². The van der Waals surface area contributed by atoms with E-state index >= 15 is 0 Å². The van der Waals surface area contributed by atoms with Gasteiger partial charge in [-0.1, -0.05) is 41.4 Å². The van der Waals surface area contributed by atoms with Gasteiger partial charge in [0.05, 0.1) is 11.3 Å². The lowest BCUT2D eigenvalue weighted by molar-refractivity contribution is -0.136. The summed E-state index contributed by atoms with van der Waals surface area (Å²) in [5, 5.41) is 2.17. The molecule has 2 aromatic carbocycles. The normalized spacial score (nSPS) is 11.7. The Balaban J connectivity index is 2.16. The second-order valence-electron chi connectivity index (χ2n) is 4.92. The van der Waals surface area contributed by atoms with E-state index in [2.05, 4.69) is 5.32 Å². The van der Waals surface area contributed by atoms with Crippen LogP contribution >= 0.6 is 11.6 Å². The summed E-state index contributed by atoms with van der Waals surface area (Å²) in [5.74, 6) is -0.654. The molecule has 0 radical (unpaired) electrons. The predicted octanol–water partition coefficient (Wildman–Crippen LogP) is 5.32. The number of anilines is 1. The Morgan fingerprint density at radius 2 is 1.78 bits per heavy atom. The molecule has 0 aliphatic carbocycles. The van der Waals surface area contributed by atoms with Gasteiger partial charge in [-0.2, -0.15) is 13.2 Å². The van der Waals surface area contributed by atoms with Crippen LogP contribution < -0.4 is 5.32 Å². The van der Waals surface area contributed by atoms with Crippen molar-refractivity contribution in [2.75, 3.05) is 5.32 Å². The molecule has 0 heterocycles. The van der Waals surface area contributed by atoms with Crippen LogP contribution in [0.5, 0.6) is 0 Å². The quantitative estimate of drug-likeness (QED) is 0.753. The van der Waals surface area contributed by atoms with Crippen molar-refractivity contribution in [2.45, 2.75) is 13.1 Å². The fourth-order valence-corrected chi connectivity index (χ4v) is 2.06. The summed E-state index contributed by atoms with van der Waals surface area (Å²) in [4.78, 5) is 11.8. The summed E-state index contributed by atoms with van der Waals surface area (Å²) < 4.78 is 38.8. The Kier molecular flexibility index (Phi) is 5.11. The van der Waals surface area contributed by atoms with E-state index in [1.54, 1.807) is 0 Å². The third-order valence-corrected chi connectivity index (χ3v) is 3.28. The summed E-state index contributed by atoms with van der Waals surface area (Å²) >= 11 is 5.59. The molecule has 0 spiro atoms. The number of alkyl halides is 3. The molecule has 120 valence electrons. The van der Waals surface area contributed by atoms with E-state index in [0.29, 0.717) is 0 Å². The van der Waals surface area contributed by atoms with Crippen molar-refractivity contribution in [3.05, 3.63) is 70.3 Å². The first-order valence-electron chi connectivity index (χ1n) is 6.68. The van der Waals surface area contributed by atoms with Gasteiger partial charge in [0.1, 0.15) is 0 Å².